The molecule has 1 aromatic rings. The first kappa shape index (κ1) is 12.2. The molecular weight excluding hydrogens is 214 g/mol. The lowest BCUT2D eigenvalue weighted by Crippen LogP contribution is -2.43. The molecule has 0 unspecified atom stereocenters. The first-order valence-electron chi connectivity index (χ1n) is 6.48. The van der Waals surface area contributed by atoms with Crippen LogP contribution in [0.3, 0.4) is 0 Å². The maximum atomic E-state index is 12.1. The van der Waals surface area contributed by atoms with Crippen molar-refractivity contribution in [1.29, 1.82) is 0 Å². The summed E-state index contributed by atoms with van der Waals surface area (Å²) in [4.78, 5) is 12.1. The van der Waals surface area contributed by atoms with E-state index in [9.17, 15) is 4.79 Å². The van der Waals surface area contributed by atoms with Crippen molar-refractivity contribution in [3.63, 3.8) is 0 Å². The molecule has 0 saturated carbocycles. The fourth-order valence-corrected chi connectivity index (χ4v) is 2.28. The lowest BCUT2D eigenvalue weighted by atomic mass is 10.1. The number of amides is 1. The molecule has 2 N–H and O–H groups in total. The molecule has 0 spiro atoms. The van der Waals surface area contributed by atoms with Crippen molar-refractivity contribution in [3.05, 3.63) is 24.0 Å². The second-order valence-corrected chi connectivity index (χ2v) is 4.58. The number of hydrogen-bond acceptors (Lipinski definition) is 2. The van der Waals surface area contributed by atoms with E-state index in [1.54, 1.807) is 0 Å². The molecule has 0 aliphatic carbocycles. The molecule has 0 aromatic carbocycles. The molecule has 1 amide bonds. The molecule has 1 aliphatic rings. The van der Waals surface area contributed by atoms with Gasteiger partial charge in [-0.25, -0.2) is 0 Å². The van der Waals surface area contributed by atoms with Gasteiger partial charge in [0.15, 0.2) is 0 Å². The van der Waals surface area contributed by atoms with Gasteiger partial charge in [-0.2, -0.15) is 0 Å². The van der Waals surface area contributed by atoms with Crippen LogP contribution in [0.15, 0.2) is 18.3 Å². The van der Waals surface area contributed by atoms with Gasteiger partial charge in [-0.15, -0.1) is 0 Å². The maximum Gasteiger partial charge on any atom is 0.268 e. The average molecular weight is 235 g/mol. The van der Waals surface area contributed by atoms with E-state index in [1.807, 2.05) is 22.9 Å². The van der Waals surface area contributed by atoms with Gasteiger partial charge in [-0.1, -0.05) is 6.92 Å². The quantitative estimate of drug-likeness (QED) is 0.828. The van der Waals surface area contributed by atoms with Gasteiger partial charge >= 0.3 is 0 Å². The highest BCUT2D eigenvalue weighted by Gasteiger charge is 2.17. The summed E-state index contributed by atoms with van der Waals surface area (Å²) in [5.74, 6) is 0.0651. The van der Waals surface area contributed by atoms with Crippen LogP contribution in [0.4, 0.5) is 0 Å². The number of aryl methyl sites for hydroxylation is 1. The summed E-state index contributed by atoms with van der Waals surface area (Å²) in [6.45, 7) is 5.03. The van der Waals surface area contributed by atoms with E-state index in [0.717, 1.165) is 44.6 Å². The molecule has 0 radical (unpaired) electrons. The first-order valence-corrected chi connectivity index (χ1v) is 6.48. The summed E-state index contributed by atoms with van der Waals surface area (Å²) < 4.78 is 2.02. The number of carbonyl (C=O) groups is 1. The van der Waals surface area contributed by atoms with Crippen LogP contribution < -0.4 is 10.6 Å². The van der Waals surface area contributed by atoms with Gasteiger partial charge in [-0.3, -0.25) is 4.79 Å². The average Bonchev–Trinajstić information content (AvgIpc) is 2.79. The SMILES string of the molecule is CCCn1cccc1C(=O)NC1CCNCC1. The van der Waals surface area contributed by atoms with Crippen molar-refractivity contribution in [1.82, 2.24) is 15.2 Å². The third kappa shape index (κ3) is 3.09. The number of piperidine rings is 1. The van der Waals surface area contributed by atoms with Crippen LogP contribution in [-0.2, 0) is 6.54 Å². The van der Waals surface area contributed by atoms with E-state index in [2.05, 4.69) is 17.6 Å². The van der Waals surface area contributed by atoms with Gasteiger partial charge in [0.05, 0.1) is 0 Å². The van der Waals surface area contributed by atoms with Crippen LogP contribution >= 0.6 is 0 Å². The monoisotopic (exact) mass is 235 g/mol. The van der Waals surface area contributed by atoms with Crippen molar-refractivity contribution in [2.75, 3.05) is 13.1 Å². The van der Waals surface area contributed by atoms with Crippen molar-refractivity contribution < 1.29 is 4.79 Å². The molecule has 0 bridgehead atoms. The number of carbonyl (C=O) groups excluding carboxylic acids is 1. The number of nitrogens with zero attached hydrogens (tertiary/aromatic N) is 1. The Balaban J connectivity index is 1.96. The van der Waals surface area contributed by atoms with E-state index >= 15 is 0 Å². The smallest absolute Gasteiger partial charge is 0.268 e. The highest BCUT2D eigenvalue weighted by molar-refractivity contribution is 5.92. The number of nitrogens with one attached hydrogen (secondary N) is 2. The van der Waals surface area contributed by atoms with Crippen molar-refractivity contribution in [2.45, 2.75) is 38.8 Å². The Kier molecular flexibility index (Phi) is 4.20. The second kappa shape index (κ2) is 5.87. The van der Waals surface area contributed by atoms with Gasteiger partial charge in [0.25, 0.3) is 5.91 Å². The number of hydrogen-bond donors (Lipinski definition) is 2. The van der Waals surface area contributed by atoms with Gasteiger partial charge < -0.3 is 15.2 Å². The Hall–Kier alpha value is -1.29. The highest BCUT2D eigenvalue weighted by Crippen LogP contribution is 2.07. The second-order valence-electron chi connectivity index (χ2n) is 4.58. The zero-order valence-corrected chi connectivity index (χ0v) is 10.4. The minimum absolute atomic E-state index is 0.0651. The Labute approximate surface area is 102 Å². The van der Waals surface area contributed by atoms with Crippen LogP contribution in [0.2, 0.25) is 0 Å². The lowest BCUT2D eigenvalue weighted by Gasteiger charge is -2.23. The topological polar surface area (TPSA) is 46.1 Å². The molecular formula is C13H21N3O. The predicted molar refractivity (Wildman–Crippen MR) is 68.1 cm³/mol. The molecule has 1 aromatic heterocycles. The van der Waals surface area contributed by atoms with Crippen molar-refractivity contribution in [2.24, 2.45) is 0 Å². The van der Waals surface area contributed by atoms with Crippen molar-refractivity contribution in [3.8, 4) is 0 Å². The first-order chi connectivity index (χ1) is 8.31. The van der Waals surface area contributed by atoms with Crippen molar-refractivity contribution >= 4 is 5.91 Å². The van der Waals surface area contributed by atoms with Crippen LogP contribution in [0.5, 0.6) is 0 Å². The Morgan fingerprint density at radius 3 is 3.00 bits per heavy atom. The minimum atomic E-state index is 0.0651. The summed E-state index contributed by atoms with van der Waals surface area (Å²) >= 11 is 0. The third-order valence-corrected chi connectivity index (χ3v) is 3.20. The largest absolute Gasteiger partial charge is 0.348 e. The van der Waals surface area contributed by atoms with E-state index in [4.69, 9.17) is 0 Å². The molecule has 4 nitrogen and oxygen atoms in total. The molecule has 1 saturated heterocycles. The third-order valence-electron chi connectivity index (χ3n) is 3.20. The van der Waals surface area contributed by atoms with Crippen LogP contribution in [0, 0.1) is 0 Å². The standard InChI is InChI=1S/C13H21N3O/c1-2-9-16-10-3-4-12(16)13(17)15-11-5-7-14-8-6-11/h3-4,10-11,14H,2,5-9H2,1H3,(H,15,17). The lowest BCUT2D eigenvalue weighted by molar-refractivity contribution is 0.0920. The van der Waals surface area contributed by atoms with Gasteiger partial charge in [0.2, 0.25) is 0 Å². The summed E-state index contributed by atoms with van der Waals surface area (Å²) in [5, 5.41) is 6.42. The normalized spacial score (nSPS) is 17.0. The molecule has 0 atom stereocenters. The minimum Gasteiger partial charge on any atom is -0.348 e. The Bertz CT molecular complexity index is 366. The summed E-state index contributed by atoms with van der Waals surface area (Å²) in [7, 11) is 0. The summed E-state index contributed by atoms with van der Waals surface area (Å²) in [6.07, 6.45) is 5.07. The summed E-state index contributed by atoms with van der Waals surface area (Å²) in [6, 6.07) is 4.16. The fraction of sp³-hybridized carbons (Fsp3) is 0.615. The Morgan fingerprint density at radius 2 is 2.29 bits per heavy atom. The molecule has 1 fully saturated rings. The summed E-state index contributed by atoms with van der Waals surface area (Å²) in [5.41, 5.74) is 0.783. The van der Waals surface area contributed by atoms with Crippen LogP contribution in [0.1, 0.15) is 36.7 Å². The van der Waals surface area contributed by atoms with E-state index < -0.39 is 0 Å². The van der Waals surface area contributed by atoms with Crippen LogP contribution in [0.25, 0.3) is 0 Å². The van der Waals surface area contributed by atoms with Gasteiger partial charge in [0, 0.05) is 18.8 Å². The van der Waals surface area contributed by atoms with E-state index in [0.29, 0.717) is 6.04 Å². The Morgan fingerprint density at radius 1 is 1.53 bits per heavy atom. The molecule has 1 aliphatic heterocycles. The van der Waals surface area contributed by atoms with Gasteiger partial charge in [0.1, 0.15) is 5.69 Å². The van der Waals surface area contributed by atoms with Gasteiger partial charge in [-0.05, 0) is 44.5 Å². The number of aromatic nitrogens is 1. The highest BCUT2D eigenvalue weighted by atomic mass is 16.2. The molecule has 94 valence electrons. The zero-order valence-electron chi connectivity index (χ0n) is 10.4. The molecule has 2 heterocycles. The molecule has 2 rings (SSSR count). The van der Waals surface area contributed by atoms with E-state index in [1.165, 1.54) is 0 Å². The maximum absolute atomic E-state index is 12.1. The fourth-order valence-electron chi connectivity index (χ4n) is 2.28. The molecule has 17 heavy (non-hydrogen) atoms. The molecule has 4 heteroatoms. The van der Waals surface area contributed by atoms with E-state index in [-0.39, 0.29) is 5.91 Å². The van der Waals surface area contributed by atoms with Crippen LogP contribution in [-0.4, -0.2) is 29.6 Å². The predicted octanol–water partition coefficient (Wildman–Crippen LogP) is 1.38. The zero-order chi connectivity index (χ0) is 12.1. The number of rotatable bonds is 4.